The van der Waals surface area contributed by atoms with E-state index in [1.807, 2.05) is 67.6 Å². The van der Waals surface area contributed by atoms with Gasteiger partial charge in [-0.05, 0) is 61.0 Å². The minimum atomic E-state index is -0.567. The van der Waals surface area contributed by atoms with Crippen LogP contribution in [0.2, 0.25) is 0 Å². The van der Waals surface area contributed by atoms with Gasteiger partial charge in [0.05, 0.1) is 17.0 Å². The zero-order valence-corrected chi connectivity index (χ0v) is 19.0. The van der Waals surface area contributed by atoms with Gasteiger partial charge in [0.2, 0.25) is 5.76 Å². The summed E-state index contributed by atoms with van der Waals surface area (Å²) in [6.07, 6.45) is 0. The van der Waals surface area contributed by atoms with Crippen LogP contribution in [0.25, 0.3) is 11.0 Å². The molecule has 0 bridgehead atoms. The molecule has 0 saturated heterocycles. The highest BCUT2D eigenvalue weighted by Gasteiger charge is 2.43. The highest BCUT2D eigenvalue weighted by atomic mass is 79.9. The van der Waals surface area contributed by atoms with Crippen molar-refractivity contribution in [2.45, 2.75) is 13.0 Å². The zero-order valence-electron chi connectivity index (χ0n) is 15.9. The van der Waals surface area contributed by atoms with Gasteiger partial charge in [0.15, 0.2) is 5.43 Å². The van der Waals surface area contributed by atoms with E-state index < -0.39 is 6.04 Å². The third-order valence-corrected chi connectivity index (χ3v) is 6.37. The van der Waals surface area contributed by atoms with Crippen LogP contribution in [0.1, 0.15) is 33.3 Å². The van der Waals surface area contributed by atoms with Gasteiger partial charge in [0.25, 0.3) is 5.91 Å². The number of carbonyl (C=O) groups excluding carboxylic acids is 1. The molecule has 1 aliphatic heterocycles. The van der Waals surface area contributed by atoms with Crippen LogP contribution in [0.15, 0.2) is 84.9 Å². The molecule has 0 radical (unpaired) electrons. The summed E-state index contributed by atoms with van der Waals surface area (Å²) < 4.78 is 7.83. The Hall–Kier alpha value is -2.70. The Balaban J connectivity index is 1.81. The highest BCUT2D eigenvalue weighted by molar-refractivity contribution is 9.10. The summed E-state index contributed by atoms with van der Waals surface area (Å²) in [4.78, 5) is 28.6. The van der Waals surface area contributed by atoms with Gasteiger partial charge in [-0.2, -0.15) is 0 Å². The Morgan fingerprint density at radius 3 is 2.17 bits per heavy atom. The lowest BCUT2D eigenvalue weighted by Gasteiger charge is -2.25. The van der Waals surface area contributed by atoms with Crippen molar-refractivity contribution in [3.63, 3.8) is 0 Å². The number of hydrogen-bond acceptors (Lipinski definition) is 3. The van der Waals surface area contributed by atoms with Gasteiger partial charge in [0.1, 0.15) is 5.58 Å². The number of amides is 1. The van der Waals surface area contributed by atoms with Crippen molar-refractivity contribution in [2.24, 2.45) is 0 Å². The summed E-state index contributed by atoms with van der Waals surface area (Å²) in [7, 11) is 0. The Morgan fingerprint density at radius 1 is 0.867 bits per heavy atom. The maximum absolute atomic E-state index is 13.5. The Morgan fingerprint density at radius 2 is 1.50 bits per heavy atom. The standard InChI is InChI=1S/C24H15Br2NO3/c1-13-2-11-19-18(12-13)22(28)20-21(14-3-5-15(25)6-4-14)27(24(29)23(20)30-19)17-9-7-16(26)8-10-17/h2-12,21H,1H3. The van der Waals surface area contributed by atoms with Crippen molar-refractivity contribution in [2.75, 3.05) is 4.90 Å². The largest absolute Gasteiger partial charge is 0.450 e. The van der Waals surface area contributed by atoms with E-state index >= 15 is 0 Å². The van der Waals surface area contributed by atoms with Crippen LogP contribution in [0.3, 0.4) is 0 Å². The molecule has 4 nitrogen and oxygen atoms in total. The van der Waals surface area contributed by atoms with E-state index in [-0.39, 0.29) is 17.1 Å². The number of benzene rings is 3. The van der Waals surface area contributed by atoms with Crippen molar-refractivity contribution >= 4 is 54.4 Å². The normalized spacial score (nSPS) is 15.6. The molecule has 1 amide bonds. The smallest absolute Gasteiger partial charge is 0.295 e. The minimum absolute atomic E-state index is 0.104. The lowest BCUT2D eigenvalue weighted by molar-refractivity contribution is 0.0971. The van der Waals surface area contributed by atoms with Crippen molar-refractivity contribution in [3.05, 3.63) is 108 Å². The van der Waals surface area contributed by atoms with Crippen molar-refractivity contribution in [3.8, 4) is 0 Å². The van der Waals surface area contributed by atoms with Crippen molar-refractivity contribution < 1.29 is 9.21 Å². The van der Waals surface area contributed by atoms with Gasteiger partial charge in [-0.15, -0.1) is 0 Å². The summed E-state index contributed by atoms with van der Waals surface area (Å²) in [5, 5.41) is 0.487. The Kier molecular flexibility index (Phi) is 4.64. The average molecular weight is 525 g/mol. The number of anilines is 1. The molecule has 1 atom stereocenters. The Bertz CT molecular complexity index is 1360. The molecule has 1 aromatic heterocycles. The number of rotatable bonds is 2. The van der Waals surface area contributed by atoms with Gasteiger partial charge in [0, 0.05) is 14.6 Å². The summed E-state index contributed by atoms with van der Waals surface area (Å²) in [6, 6.07) is 20.0. The molecule has 30 heavy (non-hydrogen) atoms. The van der Waals surface area contributed by atoms with E-state index in [0.717, 1.165) is 20.1 Å². The monoisotopic (exact) mass is 523 g/mol. The minimum Gasteiger partial charge on any atom is -0.450 e. The summed E-state index contributed by atoms with van der Waals surface area (Å²) >= 11 is 6.89. The van der Waals surface area contributed by atoms with E-state index in [9.17, 15) is 9.59 Å². The molecule has 1 aliphatic rings. The SMILES string of the molecule is Cc1ccc2oc3c(c(=O)c2c1)C(c1ccc(Br)cc1)N(c1ccc(Br)cc1)C3=O. The molecular formula is C24H15Br2NO3. The Labute approximate surface area is 189 Å². The van der Waals surface area contributed by atoms with Crippen LogP contribution in [0.5, 0.6) is 0 Å². The second-order valence-electron chi connectivity index (χ2n) is 7.28. The van der Waals surface area contributed by atoms with Crippen LogP contribution < -0.4 is 10.3 Å². The lowest BCUT2D eigenvalue weighted by atomic mass is 9.98. The third kappa shape index (κ3) is 3.02. The number of carbonyl (C=O) groups is 1. The number of aryl methyl sites for hydroxylation is 1. The predicted octanol–water partition coefficient (Wildman–Crippen LogP) is 6.38. The van der Waals surface area contributed by atoms with Gasteiger partial charge in [-0.1, -0.05) is 55.6 Å². The zero-order chi connectivity index (χ0) is 21.0. The molecule has 1 unspecified atom stereocenters. The number of hydrogen-bond donors (Lipinski definition) is 0. The predicted molar refractivity (Wildman–Crippen MR) is 124 cm³/mol. The molecule has 2 heterocycles. The highest BCUT2D eigenvalue weighted by Crippen LogP contribution is 2.41. The molecule has 0 spiro atoms. The van der Waals surface area contributed by atoms with E-state index in [1.165, 1.54) is 0 Å². The first kappa shape index (κ1) is 19.3. The first-order chi connectivity index (χ1) is 14.4. The molecular weight excluding hydrogens is 510 g/mol. The van der Waals surface area contributed by atoms with Crippen LogP contribution in [0, 0.1) is 6.92 Å². The van der Waals surface area contributed by atoms with Crippen LogP contribution >= 0.6 is 31.9 Å². The lowest BCUT2D eigenvalue weighted by Crippen LogP contribution is -2.29. The second-order valence-corrected chi connectivity index (χ2v) is 9.11. The second kappa shape index (κ2) is 7.22. The van der Waals surface area contributed by atoms with Gasteiger partial charge in [-0.3, -0.25) is 14.5 Å². The summed E-state index contributed by atoms with van der Waals surface area (Å²) in [6.45, 7) is 1.93. The van der Waals surface area contributed by atoms with E-state index in [0.29, 0.717) is 22.2 Å². The van der Waals surface area contributed by atoms with E-state index in [1.54, 1.807) is 11.0 Å². The molecule has 6 heteroatoms. The molecule has 5 rings (SSSR count). The summed E-state index contributed by atoms with van der Waals surface area (Å²) in [5.41, 5.74) is 3.13. The maximum atomic E-state index is 13.5. The fourth-order valence-corrected chi connectivity index (χ4v) is 4.44. The molecule has 3 aromatic carbocycles. The first-order valence-electron chi connectivity index (χ1n) is 9.36. The van der Waals surface area contributed by atoms with Crippen molar-refractivity contribution in [1.82, 2.24) is 0 Å². The number of halogens is 2. The maximum Gasteiger partial charge on any atom is 0.295 e. The van der Waals surface area contributed by atoms with E-state index in [4.69, 9.17) is 4.42 Å². The van der Waals surface area contributed by atoms with Crippen LogP contribution in [-0.2, 0) is 0 Å². The first-order valence-corrected chi connectivity index (χ1v) is 10.9. The van der Waals surface area contributed by atoms with Gasteiger partial charge in [-0.25, -0.2) is 0 Å². The fraction of sp³-hybridized carbons (Fsp3) is 0.0833. The fourth-order valence-electron chi connectivity index (χ4n) is 3.92. The van der Waals surface area contributed by atoms with Crippen LogP contribution in [-0.4, -0.2) is 5.91 Å². The number of nitrogens with zero attached hydrogens (tertiary/aromatic N) is 1. The average Bonchev–Trinajstić information content (AvgIpc) is 3.03. The van der Waals surface area contributed by atoms with E-state index in [2.05, 4.69) is 31.9 Å². The van der Waals surface area contributed by atoms with Gasteiger partial charge < -0.3 is 4.42 Å². The van der Waals surface area contributed by atoms with Crippen LogP contribution in [0.4, 0.5) is 5.69 Å². The molecule has 0 aliphatic carbocycles. The molecule has 148 valence electrons. The number of fused-ring (bicyclic) bond motifs is 2. The van der Waals surface area contributed by atoms with Gasteiger partial charge >= 0.3 is 0 Å². The summed E-state index contributed by atoms with van der Waals surface area (Å²) in [5.74, 6) is -0.216. The molecule has 0 fully saturated rings. The topological polar surface area (TPSA) is 50.5 Å². The molecule has 0 N–H and O–H groups in total. The molecule has 0 saturated carbocycles. The molecule has 4 aromatic rings. The van der Waals surface area contributed by atoms with Crippen molar-refractivity contribution in [1.29, 1.82) is 0 Å². The third-order valence-electron chi connectivity index (χ3n) is 5.32. The quantitative estimate of drug-likeness (QED) is 0.306.